The van der Waals surface area contributed by atoms with Crippen molar-refractivity contribution in [2.75, 3.05) is 0 Å². The molecule has 1 aromatic rings. The average molecular weight is 509 g/mol. The van der Waals surface area contributed by atoms with Crippen molar-refractivity contribution in [2.24, 2.45) is 17.6 Å². The predicted octanol–water partition coefficient (Wildman–Crippen LogP) is -0.0222. The molecule has 0 heterocycles. The zero-order valence-corrected chi connectivity index (χ0v) is 20.9. The molecular formula is C24H36N4O8. The van der Waals surface area contributed by atoms with Crippen molar-refractivity contribution in [3.63, 3.8) is 0 Å². The number of aliphatic carboxylic acids is 2. The molecule has 1 aromatic carbocycles. The van der Waals surface area contributed by atoms with E-state index in [-0.39, 0.29) is 30.4 Å². The van der Waals surface area contributed by atoms with Crippen LogP contribution in [0.4, 0.5) is 0 Å². The van der Waals surface area contributed by atoms with E-state index in [0.29, 0.717) is 5.56 Å². The fraction of sp³-hybridized carbons (Fsp3) is 0.542. The minimum absolute atomic E-state index is 0.0163. The molecule has 200 valence electrons. The number of hydrogen-bond acceptors (Lipinski definition) is 7. The number of carboxylic acids is 2. The van der Waals surface area contributed by atoms with Gasteiger partial charge in [0.1, 0.15) is 23.9 Å². The highest BCUT2D eigenvalue weighted by atomic mass is 16.4. The van der Waals surface area contributed by atoms with Gasteiger partial charge in [-0.1, -0.05) is 39.8 Å². The van der Waals surface area contributed by atoms with Crippen molar-refractivity contribution < 1.29 is 39.3 Å². The molecule has 8 N–H and O–H groups in total. The topological polar surface area (TPSA) is 208 Å². The number of aromatic hydroxyl groups is 1. The number of hydrogen-bond donors (Lipinski definition) is 7. The number of carbonyl (C=O) groups excluding carboxylic acids is 3. The maximum Gasteiger partial charge on any atom is 0.326 e. The van der Waals surface area contributed by atoms with Gasteiger partial charge in [0, 0.05) is 6.42 Å². The zero-order chi connectivity index (χ0) is 27.6. The van der Waals surface area contributed by atoms with Gasteiger partial charge in [-0.05, 0) is 36.0 Å². The molecule has 0 aliphatic heterocycles. The first-order chi connectivity index (χ1) is 16.7. The third-order valence-electron chi connectivity index (χ3n) is 5.36. The Balaban J connectivity index is 3.18. The van der Waals surface area contributed by atoms with Crippen LogP contribution in [0.2, 0.25) is 0 Å². The Hall–Kier alpha value is -3.67. The van der Waals surface area contributed by atoms with Crippen LogP contribution in [0.3, 0.4) is 0 Å². The van der Waals surface area contributed by atoms with E-state index in [1.165, 1.54) is 24.3 Å². The Labute approximate surface area is 209 Å². The number of nitrogens with one attached hydrogen (secondary N) is 3. The molecular weight excluding hydrogens is 472 g/mol. The number of nitrogens with two attached hydrogens (primary N) is 1. The lowest BCUT2D eigenvalue weighted by atomic mass is 10.0. The number of carboxylic acid groups (broad SMARTS) is 2. The highest BCUT2D eigenvalue weighted by Gasteiger charge is 2.32. The van der Waals surface area contributed by atoms with Crippen molar-refractivity contribution in [3.8, 4) is 5.75 Å². The van der Waals surface area contributed by atoms with Gasteiger partial charge in [-0.15, -0.1) is 0 Å². The quantitative estimate of drug-likeness (QED) is 0.180. The summed E-state index contributed by atoms with van der Waals surface area (Å²) in [6.45, 7) is 6.95. The first-order valence-corrected chi connectivity index (χ1v) is 11.6. The molecule has 12 nitrogen and oxygen atoms in total. The number of carbonyl (C=O) groups is 5. The summed E-state index contributed by atoms with van der Waals surface area (Å²) in [4.78, 5) is 61.4. The SMILES string of the molecule is CC(C)CC(NC(=O)C(Cc1ccc(O)cc1)NC(=O)C(CC(=O)O)NC(=O)C(N)C(C)C)C(=O)O. The number of phenols is 1. The lowest BCUT2D eigenvalue weighted by molar-refractivity contribution is -0.143. The molecule has 0 radical (unpaired) electrons. The largest absolute Gasteiger partial charge is 0.508 e. The number of amides is 3. The molecule has 0 aliphatic rings. The standard InChI is InChI=1S/C24H36N4O8/c1-12(2)9-18(24(35)36)28-21(32)16(10-14-5-7-15(29)8-6-14)26-22(33)17(11-19(30)31)27-23(34)20(25)13(3)4/h5-8,12-13,16-18,20,29H,9-11,25H2,1-4H3,(H,26,33)(H,27,34)(H,28,32)(H,30,31)(H,35,36). The number of rotatable bonds is 14. The molecule has 4 unspecified atom stereocenters. The molecule has 36 heavy (non-hydrogen) atoms. The summed E-state index contributed by atoms with van der Waals surface area (Å²) < 4.78 is 0. The molecule has 4 atom stereocenters. The summed E-state index contributed by atoms with van der Waals surface area (Å²) in [6, 6.07) is 0.764. The normalized spacial score (nSPS) is 14.4. The second kappa shape index (κ2) is 14.0. The van der Waals surface area contributed by atoms with Crippen LogP contribution >= 0.6 is 0 Å². The maximum atomic E-state index is 13.0. The molecule has 0 aromatic heterocycles. The van der Waals surface area contributed by atoms with Gasteiger partial charge in [-0.3, -0.25) is 19.2 Å². The fourth-order valence-corrected chi connectivity index (χ4v) is 3.27. The van der Waals surface area contributed by atoms with E-state index in [1.54, 1.807) is 27.7 Å². The Kier molecular flexibility index (Phi) is 11.8. The van der Waals surface area contributed by atoms with Crippen LogP contribution in [0.25, 0.3) is 0 Å². The highest BCUT2D eigenvalue weighted by Crippen LogP contribution is 2.13. The van der Waals surface area contributed by atoms with Crippen molar-refractivity contribution >= 4 is 29.7 Å². The number of phenolic OH excluding ortho intramolecular Hbond substituents is 1. The molecule has 0 bridgehead atoms. The monoisotopic (exact) mass is 508 g/mol. The van der Waals surface area contributed by atoms with Gasteiger partial charge in [0.05, 0.1) is 12.5 Å². The molecule has 0 saturated heterocycles. The van der Waals surface area contributed by atoms with E-state index in [1.807, 2.05) is 0 Å². The van der Waals surface area contributed by atoms with Crippen LogP contribution in [-0.2, 0) is 30.4 Å². The Morgan fingerprint density at radius 2 is 1.31 bits per heavy atom. The van der Waals surface area contributed by atoms with E-state index < -0.39 is 60.2 Å². The first kappa shape index (κ1) is 30.4. The smallest absolute Gasteiger partial charge is 0.326 e. The van der Waals surface area contributed by atoms with Gasteiger partial charge in [0.15, 0.2) is 0 Å². The van der Waals surface area contributed by atoms with Gasteiger partial charge in [-0.2, -0.15) is 0 Å². The molecule has 0 spiro atoms. The molecule has 1 rings (SSSR count). The van der Waals surface area contributed by atoms with E-state index in [0.717, 1.165) is 0 Å². The zero-order valence-electron chi connectivity index (χ0n) is 20.9. The van der Waals surface area contributed by atoms with Crippen molar-refractivity contribution in [1.29, 1.82) is 0 Å². The third-order valence-corrected chi connectivity index (χ3v) is 5.36. The van der Waals surface area contributed by atoms with Crippen LogP contribution < -0.4 is 21.7 Å². The van der Waals surface area contributed by atoms with Gasteiger partial charge in [0.25, 0.3) is 0 Å². The van der Waals surface area contributed by atoms with E-state index in [2.05, 4.69) is 16.0 Å². The Morgan fingerprint density at radius 3 is 1.78 bits per heavy atom. The van der Waals surface area contributed by atoms with Crippen LogP contribution in [0.1, 0.15) is 46.1 Å². The summed E-state index contributed by atoms with van der Waals surface area (Å²) >= 11 is 0. The predicted molar refractivity (Wildman–Crippen MR) is 130 cm³/mol. The second-order valence-electron chi connectivity index (χ2n) is 9.39. The molecule has 0 aliphatic carbocycles. The van der Waals surface area contributed by atoms with E-state index >= 15 is 0 Å². The summed E-state index contributed by atoms with van der Waals surface area (Å²) in [5.41, 5.74) is 6.33. The minimum atomic E-state index is -1.53. The molecule has 3 amide bonds. The molecule has 0 saturated carbocycles. The second-order valence-corrected chi connectivity index (χ2v) is 9.39. The molecule has 0 fully saturated rings. The summed E-state index contributed by atoms with van der Waals surface area (Å²) in [5.74, 6) is -5.43. The van der Waals surface area contributed by atoms with Crippen molar-refractivity contribution in [2.45, 2.75) is 71.1 Å². The first-order valence-electron chi connectivity index (χ1n) is 11.6. The Morgan fingerprint density at radius 1 is 0.806 bits per heavy atom. The summed E-state index contributed by atoms with van der Waals surface area (Å²) in [5, 5.41) is 35.4. The molecule has 12 heteroatoms. The lowest BCUT2D eigenvalue weighted by Crippen LogP contribution is -2.58. The Bertz CT molecular complexity index is 933. The van der Waals surface area contributed by atoms with E-state index in [4.69, 9.17) is 5.73 Å². The van der Waals surface area contributed by atoms with Gasteiger partial charge < -0.3 is 37.0 Å². The number of benzene rings is 1. The third kappa shape index (κ3) is 10.3. The van der Waals surface area contributed by atoms with Crippen LogP contribution in [0.5, 0.6) is 5.75 Å². The van der Waals surface area contributed by atoms with Crippen LogP contribution in [0, 0.1) is 11.8 Å². The maximum absolute atomic E-state index is 13.0. The fourth-order valence-electron chi connectivity index (χ4n) is 3.27. The summed E-state index contributed by atoms with van der Waals surface area (Å²) in [7, 11) is 0. The van der Waals surface area contributed by atoms with Crippen molar-refractivity contribution in [3.05, 3.63) is 29.8 Å². The minimum Gasteiger partial charge on any atom is -0.508 e. The van der Waals surface area contributed by atoms with Gasteiger partial charge in [0.2, 0.25) is 17.7 Å². The van der Waals surface area contributed by atoms with Crippen LogP contribution in [0.15, 0.2) is 24.3 Å². The van der Waals surface area contributed by atoms with E-state index in [9.17, 15) is 39.3 Å². The highest BCUT2D eigenvalue weighted by molar-refractivity contribution is 5.95. The van der Waals surface area contributed by atoms with Crippen molar-refractivity contribution in [1.82, 2.24) is 16.0 Å². The van der Waals surface area contributed by atoms with Crippen LogP contribution in [-0.4, -0.2) is 69.1 Å². The van der Waals surface area contributed by atoms with Gasteiger partial charge >= 0.3 is 11.9 Å². The summed E-state index contributed by atoms with van der Waals surface area (Å²) in [6.07, 6.45) is -0.710. The average Bonchev–Trinajstić information content (AvgIpc) is 2.77. The lowest BCUT2D eigenvalue weighted by Gasteiger charge is -2.25. The van der Waals surface area contributed by atoms with Gasteiger partial charge in [-0.25, -0.2) is 4.79 Å².